The maximum absolute atomic E-state index is 9.56. The fourth-order valence-corrected chi connectivity index (χ4v) is 1.22. The molecule has 0 amide bonds. The molecule has 0 aromatic carbocycles. The van der Waals surface area contributed by atoms with Gasteiger partial charge in [0.05, 0.1) is 0 Å². The third-order valence-corrected chi connectivity index (χ3v) is 2.21. The third-order valence-electron chi connectivity index (χ3n) is 2.21. The summed E-state index contributed by atoms with van der Waals surface area (Å²) >= 11 is 0. The lowest BCUT2D eigenvalue weighted by atomic mass is 9.81. The van der Waals surface area contributed by atoms with E-state index in [1.165, 1.54) is 0 Å². The second-order valence-electron chi connectivity index (χ2n) is 3.57. The van der Waals surface area contributed by atoms with Crippen molar-refractivity contribution >= 4 is 0 Å². The van der Waals surface area contributed by atoms with Gasteiger partial charge in [0.1, 0.15) is 5.76 Å². The third kappa shape index (κ3) is 1.60. The zero-order valence-corrected chi connectivity index (χ0v) is 7.67. The van der Waals surface area contributed by atoms with Crippen LogP contribution in [0.25, 0.3) is 0 Å². The molecule has 0 aliphatic heterocycles. The fourth-order valence-electron chi connectivity index (χ4n) is 1.22. The lowest BCUT2D eigenvalue weighted by Crippen LogP contribution is -2.13. The van der Waals surface area contributed by atoms with Crippen LogP contribution in [0, 0.1) is 11.8 Å². The van der Waals surface area contributed by atoms with E-state index in [0.717, 1.165) is 12.0 Å². The zero-order valence-electron chi connectivity index (χ0n) is 7.67. The Bertz CT molecular complexity index is 244. The van der Waals surface area contributed by atoms with Crippen LogP contribution in [0.4, 0.5) is 0 Å². The first kappa shape index (κ1) is 9.11. The minimum atomic E-state index is -0.141. The molecule has 1 heteroatoms. The van der Waals surface area contributed by atoms with Gasteiger partial charge in [0, 0.05) is 11.8 Å². The molecule has 1 radical (unpaired) electrons. The van der Waals surface area contributed by atoms with Crippen LogP contribution in [0.1, 0.15) is 20.3 Å². The summed E-state index contributed by atoms with van der Waals surface area (Å²) in [6.45, 7) is 7.82. The monoisotopic (exact) mass is 163 g/mol. The van der Waals surface area contributed by atoms with Crippen LogP contribution < -0.4 is 0 Å². The molecular weight excluding hydrogens is 148 g/mol. The Morgan fingerprint density at radius 1 is 1.58 bits per heavy atom. The van der Waals surface area contributed by atoms with Crippen molar-refractivity contribution in [1.82, 2.24) is 0 Å². The molecule has 0 aromatic heterocycles. The molecule has 12 heavy (non-hydrogen) atoms. The van der Waals surface area contributed by atoms with E-state index in [1.54, 1.807) is 0 Å². The first-order valence-corrected chi connectivity index (χ1v) is 4.15. The van der Waals surface area contributed by atoms with Crippen LogP contribution in [-0.4, -0.2) is 5.11 Å². The maximum atomic E-state index is 9.56. The van der Waals surface area contributed by atoms with E-state index in [0.29, 0.717) is 5.76 Å². The number of rotatable bonds is 2. The zero-order chi connectivity index (χ0) is 9.19. The van der Waals surface area contributed by atoms with E-state index >= 15 is 0 Å². The van der Waals surface area contributed by atoms with Crippen LogP contribution in [-0.2, 0) is 0 Å². The Kier molecular flexibility index (Phi) is 2.41. The van der Waals surface area contributed by atoms with Crippen molar-refractivity contribution in [1.29, 1.82) is 0 Å². The Morgan fingerprint density at radius 3 is 2.75 bits per heavy atom. The van der Waals surface area contributed by atoms with Crippen LogP contribution in [0.15, 0.2) is 36.1 Å². The highest BCUT2D eigenvalue weighted by molar-refractivity contribution is 5.38. The van der Waals surface area contributed by atoms with E-state index < -0.39 is 0 Å². The molecule has 0 bridgehead atoms. The Labute approximate surface area is 74.1 Å². The van der Waals surface area contributed by atoms with Gasteiger partial charge in [0.2, 0.25) is 0 Å². The molecule has 1 nitrogen and oxygen atoms in total. The van der Waals surface area contributed by atoms with E-state index in [-0.39, 0.29) is 5.41 Å². The van der Waals surface area contributed by atoms with Gasteiger partial charge in [0.15, 0.2) is 0 Å². The summed E-state index contributed by atoms with van der Waals surface area (Å²) in [6, 6.07) is 0. The molecule has 1 aliphatic rings. The average molecular weight is 163 g/mol. The number of aliphatic hydroxyl groups excluding tert-OH is 1. The quantitative estimate of drug-likeness (QED) is 0.620. The van der Waals surface area contributed by atoms with Gasteiger partial charge in [0.25, 0.3) is 0 Å². The predicted molar refractivity (Wildman–Crippen MR) is 51.7 cm³/mol. The molecule has 1 aliphatic carbocycles. The topological polar surface area (TPSA) is 20.2 Å². The second-order valence-corrected chi connectivity index (χ2v) is 3.57. The van der Waals surface area contributed by atoms with Crippen molar-refractivity contribution in [3.63, 3.8) is 0 Å². The molecule has 1 N–H and O–H groups in total. The van der Waals surface area contributed by atoms with Crippen LogP contribution >= 0.6 is 0 Å². The highest BCUT2D eigenvalue weighted by atomic mass is 16.3. The fraction of sp³-hybridized carbons (Fsp3) is 0.364. The van der Waals surface area contributed by atoms with Crippen molar-refractivity contribution in [2.24, 2.45) is 5.41 Å². The summed E-state index contributed by atoms with van der Waals surface area (Å²) in [6.07, 6.45) is 8.50. The Balaban J connectivity index is 3.00. The van der Waals surface area contributed by atoms with Gasteiger partial charge in [-0.25, -0.2) is 0 Å². The molecule has 0 saturated heterocycles. The van der Waals surface area contributed by atoms with E-state index in [1.807, 2.05) is 38.5 Å². The molecule has 0 heterocycles. The Hall–Kier alpha value is -0.980. The first-order chi connectivity index (χ1) is 5.58. The van der Waals surface area contributed by atoms with Gasteiger partial charge < -0.3 is 5.11 Å². The lowest BCUT2D eigenvalue weighted by Gasteiger charge is -2.24. The molecule has 0 fully saturated rings. The number of hydrogen-bond donors (Lipinski definition) is 1. The van der Waals surface area contributed by atoms with Gasteiger partial charge in [-0.2, -0.15) is 0 Å². The summed E-state index contributed by atoms with van der Waals surface area (Å²) in [4.78, 5) is 0. The molecule has 0 saturated carbocycles. The highest BCUT2D eigenvalue weighted by Gasteiger charge is 2.22. The second kappa shape index (κ2) is 3.18. The summed E-state index contributed by atoms with van der Waals surface area (Å²) in [5, 5.41) is 9.56. The molecule has 0 aromatic rings. The van der Waals surface area contributed by atoms with Crippen LogP contribution in [0.3, 0.4) is 0 Å². The SMILES string of the molecule is C=CC(C)(C)C1=C(O)[CH]CC=C1. The van der Waals surface area contributed by atoms with E-state index in [9.17, 15) is 5.11 Å². The van der Waals surface area contributed by atoms with Crippen molar-refractivity contribution in [3.8, 4) is 0 Å². The average Bonchev–Trinajstić information content (AvgIpc) is 2.05. The lowest BCUT2D eigenvalue weighted by molar-refractivity contribution is 0.393. The summed E-state index contributed by atoms with van der Waals surface area (Å²) in [5.41, 5.74) is 0.807. The molecule has 0 unspecified atom stereocenters. The van der Waals surface area contributed by atoms with Crippen molar-refractivity contribution < 1.29 is 5.11 Å². The van der Waals surface area contributed by atoms with Gasteiger partial charge in [-0.1, -0.05) is 32.1 Å². The van der Waals surface area contributed by atoms with E-state index in [2.05, 4.69) is 6.58 Å². The minimum Gasteiger partial charge on any atom is -0.512 e. The molecule has 1 rings (SSSR count). The van der Waals surface area contributed by atoms with Crippen molar-refractivity contribution in [3.05, 3.63) is 42.6 Å². The van der Waals surface area contributed by atoms with Gasteiger partial charge in [-0.15, -0.1) is 6.58 Å². The largest absolute Gasteiger partial charge is 0.512 e. The Morgan fingerprint density at radius 2 is 2.25 bits per heavy atom. The summed E-state index contributed by atoms with van der Waals surface area (Å²) < 4.78 is 0. The van der Waals surface area contributed by atoms with Crippen molar-refractivity contribution in [2.75, 3.05) is 0 Å². The van der Waals surface area contributed by atoms with Gasteiger partial charge in [-0.05, 0) is 12.0 Å². The van der Waals surface area contributed by atoms with Crippen LogP contribution in [0.5, 0.6) is 0 Å². The predicted octanol–water partition coefficient (Wildman–Crippen LogP) is 3.17. The van der Waals surface area contributed by atoms with Crippen LogP contribution in [0.2, 0.25) is 0 Å². The van der Waals surface area contributed by atoms with Crippen molar-refractivity contribution in [2.45, 2.75) is 20.3 Å². The van der Waals surface area contributed by atoms with E-state index in [4.69, 9.17) is 0 Å². The highest BCUT2D eigenvalue weighted by Crippen LogP contribution is 2.33. The van der Waals surface area contributed by atoms with Gasteiger partial charge >= 0.3 is 0 Å². The summed E-state index contributed by atoms with van der Waals surface area (Å²) in [5.74, 6) is 0.391. The molecule has 65 valence electrons. The smallest absolute Gasteiger partial charge is 0.100 e. The number of hydrogen-bond acceptors (Lipinski definition) is 1. The standard InChI is InChI=1S/C11H15O/c1-4-11(2,3)9-7-5-6-8-10(9)12/h4-5,7-8,12H,1,6H2,2-3H3. The maximum Gasteiger partial charge on any atom is 0.100 e. The van der Waals surface area contributed by atoms with Gasteiger partial charge in [-0.3, -0.25) is 0 Å². The first-order valence-electron chi connectivity index (χ1n) is 4.15. The normalized spacial score (nSPS) is 18.2. The number of allylic oxidation sites excluding steroid dienone is 5. The molecular formula is C11H15O. The minimum absolute atomic E-state index is 0.141. The molecule has 0 spiro atoms. The summed E-state index contributed by atoms with van der Waals surface area (Å²) in [7, 11) is 0. The number of aliphatic hydroxyl groups is 1. The molecule has 0 atom stereocenters.